The molecule has 0 aliphatic carbocycles. The number of anilines is 1. The summed E-state index contributed by atoms with van der Waals surface area (Å²) in [5.41, 5.74) is 13.3. The van der Waals surface area contributed by atoms with Crippen molar-refractivity contribution < 1.29 is 29.6 Å². The highest BCUT2D eigenvalue weighted by Gasteiger charge is 2.58. The summed E-state index contributed by atoms with van der Waals surface area (Å²) in [4.78, 5) is 24.7. The molecule has 0 amide bonds. The Hall–Kier alpha value is -3.43. The van der Waals surface area contributed by atoms with Gasteiger partial charge in [-0.3, -0.25) is 4.57 Å². The number of hydrogen-bond donors (Lipinski definition) is 8. The summed E-state index contributed by atoms with van der Waals surface area (Å²) >= 11 is 5.94. The first-order chi connectivity index (χ1) is 18.2. The first-order valence-electron chi connectivity index (χ1n) is 11.3. The molecule has 15 nitrogen and oxygen atoms in total. The fraction of sp³-hybridized carbons (Fsp3) is 0.364. The Labute approximate surface area is 220 Å². The van der Waals surface area contributed by atoms with Gasteiger partial charge in [0.15, 0.2) is 28.9 Å². The van der Waals surface area contributed by atoms with Crippen molar-refractivity contribution in [1.29, 1.82) is 0 Å². The molecule has 5 atom stereocenters. The van der Waals surface area contributed by atoms with Crippen LogP contribution in [-0.4, -0.2) is 77.0 Å². The largest absolute Gasteiger partial charge is 0.479 e. The zero-order chi connectivity index (χ0) is 27.1. The summed E-state index contributed by atoms with van der Waals surface area (Å²) in [6.45, 7) is -0.516. The van der Waals surface area contributed by atoms with E-state index in [1.165, 1.54) is 10.9 Å². The molecule has 0 radical (unpaired) electrons. The average molecular weight is 546 g/mol. The molecule has 0 spiro atoms. The number of aliphatic hydroxyl groups excluding tert-OH is 1. The predicted octanol–water partition coefficient (Wildman–Crippen LogP) is -1.79. The second-order valence-electron chi connectivity index (χ2n) is 8.77. The standard InChI is InChI=1S/C22H24ClN9O6/c1-2-21(36)12(38-17(14(21)33)32-10-25-13-15(24)26-20(23)27-16(13)32)9-37-22(19(34)35,18-28-30-31-29-18)8-11-6-4-3-5-7-11/h1,3-7,10,12,14,17-18,28-31,33,36H,8-9H2,(H,34,35)(H2,24,26,27)/t12-,14+,17-,21-,22-/m1/s1. The van der Waals surface area contributed by atoms with Crippen LogP contribution in [0.25, 0.3) is 11.2 Å². The van der Waals surface area contributed by atoms with E-state index in [-0.39, 0.29) is 28.7 Å². The minimum Gasteiger partial charge on any atom is -0.479 e. The normalized spacial score (nSPS) is 27.4. The van der Waals surface area contributed by atoms with Crippen LogP contribution in [0.1, 0.15) is 11.8 Å². The van der Waals surface area contributed by atoms with E-state index in [4.69, 9.17) is 33.2 Å². The smallest absolute Gasteiger partial charge is 0.339 e. The van der Waals surface area contributed by atoms with Gasteiger partial charge in [0, 0.05) is 6.42 Å². The molecule has 0 saturated carbocycles. The minimum atomic E-state index is -2.27. The molecule has 2 aromatic heterocycles. The molecule has 2 fully saturated rings. The lowest BCUT2D eigenvalue weighted by Crippen LogP contribution is -2.63. The van der Waals surface area contributed by atoms with Gasteiger partial charge in [0.25, 0.3) is 0 Å². The third kappa shape index (κ3) is 4.33. The molecule has 1 aromatic carbocycles. The number of rotatable bonds is 8. The maximum absolute atomic E-state index is 12.7. The fourth-order valence-electron chi connectivity index (χ4n) is 4.52. The molecule has 2 saturated heterocycles. The molecule has 5 rings (SSSR count). The minimum absolute atomic E-state index is 0.00395. The van der Waals surface area contributed by atoms with Crippen LogP contribution in [-0.2, 0) is 20.7 Å². The van der Waals surface area contributed by atoms with Crippen LogP contribution in [0.2, 0.25) is 5.28 Å². The van der Waals surface area contributed by atoms with Gasteiger partial charge in [-0.1, -0.05) is 36.3 Å². The molecule has 0 bridgehead atoms. The SMILES string of the molecule is C#C[C@@]1(O)[C@@H](CO[C@@](Cc2ccccc2)(C(=O)O)C2NNNN2)O[C@@H](n2cnc3c(N)nc(Cl)nc32)[C@@H]1O. The van der Waals surface area contributed by atoms with Crippen LogP contribution < -0.4 is 27.7 Å². The van der Waals surface area contributed by atoms with Crippen LogP contribution >= 0.6 is 11.6 Å². The van der Waals surface area contributed by atoms with Crippen LogP contribution in [0.3, 0.4) is 0 Å². The van der Waals surface area contributed by atoms with Crippen LogP contribution in [0.5, 0.6) is 0 Å². The molecule has 16 heteroatoms. The highest BCUT2D eigenvalue weighted by Crippen LogP contribution is 2.39. The molecular formula is C22H24ClN9O6. The van der Waals surface area contributed by atoms with Gasteiger partial charge in [0.1, 0.15) is 23.9 Å². The second kappa shape index (κ2) is 10.0. The van der Waals surface area contributed by atoms with Gasteiger partial charge in [-0.2, -0.15) is 21.0 Å². The number of carboxylic acid groups (broad SMARTS) is 1. The van der Waals surface area contributed by atoms with Gasteiger partial charge in [0.2, 0.25) is 5.28 Å². The van der Waals surface area contributed by atoms with E-state index in [0.29, 0.717) is 5.56 Å². The molecule has 200 valence electrons. The van der Waals surface area contributed by atoms with Gasteiger partial charge in [-0.05, 0) is 17.2 Å². The molecule has 9 N–H and O–H groups in total. The summed E-state index contributed by atoms with van der Waals surface area (Å²) in [6.07, 6.45) is 1.51. The van der Waals surface area contributed by atoms with E-state index in [1.54, 1.807) is 30.3 Å². The first-order valence-corrected chi connectivity index (χ1v) is 11.7. The summed E-state index contributed by atoms with van der Waals surface area (Å²) in [6, 6.07) is 8.84. The summed E-state index contributed by atoms with van der Waals surface area (Å²) < 4.78 is 13.3. The van der Waals surface area contributed by atoms with Gasteiger partial charge in [-0.15, -0.1) is 6.42 Å². The van der Waals surface area contributed by atoms with Crippen molar-refractivity contribution in [2.75, 3.05) is 12.3 Å². The van der Waals surface area contributed by atoms with Crippen LogP contribution in [0, 0.1) is 12.3 Å². The fourth-order valence-corrected chi connectivity index (χ4v) is 4.69. The lowest BCUT2D eigenvalue weighted by Gasteiger charge is -2.36. The number of nitrogens with one attached hydrogen (secondary N) is 4. The van der Waals surface area contributed by atoms with Crippen molar-refractivity contribution in [3.63, 3.8) is 0 Å². The molecule has 2 aliphatic heterocycles. The number of nitrogens with zero attached hydrogens (tertiary/aromatic N) is 4. The lowest BCUT2D eigenvalue weighted by molar-refractivity contribution is -0.182. The van der Waals surface area contributed by atoms with Crippen molar-refractivity contribution in [2.24, 2.45) is 0 Å². The first kappa shape index (κ1) is 26.2. The molecule has 3 aromatic rings. The lowest BCUT2D eigenvalue weighted by atomic mass is 9.90. The zero-order valence-electron chi connectivity index (χ0n) is 19.6. The van der Waals surface area contributed by atoms with E-state index in [1.807, 2.05) is 0 Å². The number of aliphatic hydroxyl groups is 2. The number of aromatic nitrogens is 4. The number of hydrazine groups is 3. The highest BCUT2D eigenvalue weighted by molar-refractivity contribution is 6.28. The Morgan fingerprint density at radius 1 is 1.32 bits per heavy atom. The second-order valence-corrected chi connectivity index (χ2v) is 9.11. The molecule has 2 aliphatic rings. The van der Waals surface area contributed by atoms with Crippen molar-refractivity contribution in [3.8, 4) is 12.3 Å². The Bertz CT molecular complexity index is 1380. The van der Waals surface area contributed by atoms with Gasteiger partial charge < -0.3 is 30.5 Å². The molecular weight excluding hydrogens is 522 g/mol. The summed E-state index contributed by atoms with van der Waals surface area (Å²) in [5, 5.41) is 32.5. The van der Waals surface area contributed by atoms with E-state index >= 15 is 0 Å². The molecule has 4 heterocycles. The van der Waals surface area contributed by atoms with Gasteiger partial charge in [-0.25, -0.2) is 20.6 Å². The number of carbonyl (C=O) groups is 1. The third-order valence-corrected chi connectivity index (χ3v) is 6.74. The number of aliphatic carboxylic acids is 1. The molecule has 0 unspecified atom stereocenters. The van der Waals surface area contributed by atoms with Crippen LogP contribution in [0.4, 0.5) is 5.82 Å². The van der Waals surface area contributed by atoms with Gasteiger partial charge >= 0.3 is 5.97 Å². The Morgan fingerprint density at radius 3 is 2.68 bits per heavy atom. The van der Waals surface area contributed by atoms with Crippen molar-refractivity contribution in [1.82, 2.24) is 41.4 Å². The highest BCUT2D eigenvalue weighted by atomic mass is 35.5. The number of benzene rings is 1. The van der Waals surface area contributed by atoms with E-state index < -0.39 is 48.4 Å². The van der Waals surface area contributed by atoms with E-state index in [2.05, 4.69) is 42.8 Å². The quantitative estimate of drug-likeness (QED) is 0.116. The Morgan fingerprint density at radius 2 is 2.03 bits per heavy atom. The van der Waals surface area contributed by atoms with Gasteiger partial charge in [0.05, 0.1) is 12.9 Å². The molecule has 38 heavy (non-hydrogen) atoms. The van der Waals surface area contributed by atoms with Crippen molar-refractivity contribution in [3.05, 3.63) is 47.5 Å². The Balaban J connectivity index is 1.46. The topological polar surface area (TPSA) is 214 Å². The van der Waals surface area contributed by atoms with E-state index in [0.717, 1.165) is 0 Å². The summed E-state index contributed by atoms with van der Waals surface area (Å²) in [7, 11) is 0. The number of halogens is 1. The summed E-state index contributed by atoms with van der Waals surface area (Å²) in [5.74, 6) is 0.865. The zero-order valence-corrected chi connectivity index (χ0v) is 20.3. The number of nitrogens with two attached hydrogens (primary N) is 1. The maximum Gasteiger partial charge on any atom is 0.339 e. The predicted molar refractivity (Wildman–Crippen MR) is 131 cm³/mol. The Kier molecular flexibility index (Phi) is 6.92. The maximum atomic E-state index is 12.7. The number of carboxylic acids is 1. The van der Waals surface area contributed by atoms with Crippen molar-refractivity contribution in [2.45, 2.75) is 42.2 Å². The van der Waals surface area contributed by atoms with Crippen LogP contribution in [0.15, 0.2) is 36.7 Å². The number of ether oxygens (including phenoxy) is 2. The third-order valence-electron chi connectivity index (χ3n) is 6.57. The van der Waals surface area contributed by atoms with E-state index in [9.17, 15) is 20.1 Å². The van der Waals surface area contributed by atoms with Crippen molar-refractivity contribution >= 4 is 34.6 Å². The monoisotopic (exact) mass is 545 g/mol. The number of nitrogen functional groups attached to an aromatic ring is 1. The number of imidazole rings is 1. The average Bonchev–Trinajstić information content (AvgIpc) is 3.63. The number of hydrogen-bond acceptors (Lipinski definition) is 13. The number of fused-ring (bicyclic) bond motifs is 1. The number of terminal acetylenes is 1.